The van der Waals surface area contributed by atoms with Gasteiger partial charge in [-0.25, -0.2) is 4.98 Å². The van der Waals surface area contributed by atoms with E-state index in [1.165, 1.54) is 48.2 Å². The second-order valence-electron chi connectivity index (χ2n) is 6.23. The Bertz CT molecular complexity index is 447. The number of rotatable bonds is 7. The molecule has 0 radical (unpaired) electrons. The van der Waals surface area contributed by atoms with E-state index in [9.17, 15) is 0 Å². The molecule has 118 valence electrons. The lowest BCUT2D eigenvalue weighted by molar-refractivity contribution is 0.248. The van der Waals surface area contributed by atoms with E-state index < -0.39 is 0 Å². The van der Waals surface area contributed by atoms with Gasteiger partial charge in [0.25, 0.3) is 0 Å². The summed E-state index contributed by atoms with van der Waals surface area (Å²) in [4.78, 5) is 11.4. The molecule has 0 unspecified atom stereocenters. The molecule has 1 aromatic heterocycles. The molecular weight excluding hydrogens is 280 g/mol. The first-order valence-corrected chi connectivity index (χ1v) is 9.28. The van der Waals surface area contributed by atoms with Crippen molar-refractivity contribution in [2.45, 2.75) is 39.7 Å². The van der Waals surface area contributed by atoms with Crippen molar-refractivity contribution in [3.05, 3.63) is 10.6 Å². The summed E-state index contributed by atoms with van der Waals surface area (Å²) in [5, 5.41) is 4.68. The van der Waals surface area contributed by atoms with Crippen LogP contribution in [-0.2, 0) is 13.0 Å². The Morgan fingerprint density at radius 1 is 1.19 bits per heavy atom. The molecule has 4 nitrogen and oxygen atoms in total. The lowest BCUT2D eigenvalue weighted by Crippen LogP contribution is -2.47. The third kappa shape index (κ3) is 3.96. The number of hydrogen-bond acceptors (Lipinski definition) is 5. The largest absolute Gasteiger partial charge is 0.346 e. The molecule has 21 heavy (non-hydrogen) atoms. The van der Waals surface area contributed by atoms with Gasteiger partial charge >= 0.3 is 0 Å². The molecule has 0 aromatic carbocycles. The van der Waals surface area contributed by atoms with Crippen LogP contribution in [0.1, 0.15) is 37.3 Å². The number of anilines is 1. The zero-order chi connectivity index (χ0) is 14.7. The van der Waals surface area contributed by atoms with Crippen LogP contribution in [0.2, 0.25) is 0 Å². The van der Waals surface area contributed by atoms with Crippen molar-refractivity contribution in [2.24, 2.45) is 5.92 Å². The number of aromatic nitrogens is 1. The summed E-state index contributed by atoms with van der Waals surface area (Å²) in [6, 6.07) is 0. The Morgan fingerprint density at radius 3 is 2.57 bits per heavy atom. The van der Waals surface area contributed by atoms with Crippen LogP contribution in [0.4, 0.5) is 5.13 Å². The fourth-order valence-electron chi connectivity index (χ4n) is 2.95. The minimum Gasteiger partial charge on any atom is -0.346 e. The van der Waals surface area contributed by atoms with Gasteiger partial charge in [-0.3, -0.25) is 4.90 Å². The number of aryl methyl sites for hydroxylation is 1. The highest BCUT2D eigenvalue weighted by molar-refractivity contribution is 7.15. The maximum absolute atomic E-state index is 4.89. The van der Waals surface area contributed by atoms with E-state index in [1.54, 1.807) is 0 Å². The van der Waals surface area contributed by atoms with Crippen molar-refractivity contribution in [2.75, 3.05) is 44.2 Å². The van der Waals surface area contributed by atoms with E-state index in [1.807, 2.05) is 11.3 Å². The van der Waals surface area contributed by atoms with Gasteiger partial charge in [-0.15, -0.1) is 11.3 Å². The fourth-order valence-corrected chi connectivity index (χ4v) is 4.12. The van der Waals surface area contributed by atoms with Crippen LogP contribution in [0.3, 0.4) is 0 Å². The van der Waals surface area contributed by atoms with Crippen molar-refractivity contribution in [3.63, 3.8) is 0 Å². The van der Waals surface area contributed by atoms with Gasteiger partial charge in [0.05, 0.1) is 5.69 Å². The maximum atomic E-state index is 4.89. The number of piperazine rings is 1. The lowest BCUT2D eigenvalue weighted by atomic mass is 10.3. The Balaban J connectivity index is 1.57. The highest BCUT2D eigenvalue weighted by Gasteiger charge is 2.27. The van der Waals surface area contributed by atoms with Crippen molar-refractivity contribution < 1.29 is 0 Å². The topological polar surface area (TPSA) is 31.4 Å². The zero-order valence-corrected chi connectivity index (χ0v) is 14.2. The van der Waals surface area contributed by atoms with E-state index in [2.05, 4.69) is 29.0 Å². The molecule has 1 aromatic rings. The molecule has 2 heterocycles. The van der Waals surface area contributed by atoms with Gasteiger partial charge in [0, 0.05) is 44.1 Å². The predicted molar refractivity (Wildman–Crippen MR) is 90.2 cm³/mol. The molecule has 0 spiro atoms. The first-order valence-electron chi connectivity index (χ1n) is 8.46. The molecule has 2 fully saturated rings. The molecule has 1 N–H and O–H groups in total. The molecule has 0 bridgehead atoms. The average molecular weight is 308 g/mol. The van der Waals surface area contributed by atoms with Crippen LogP contribution in [0.15, 0.2) is 0 Å². The van der Waals surface area contributed by atoms with Gasteiger partial charge in [0.2, 0.25) is 0 Å². The number of nitrogens with one attached hydrogen (secondary N) is 1. The summed E-state index contributed by atoms with van der Waals surface area (Å²) in [5.41, 5.74) is 1.29. The van der Waals surface area contributed by atoms with Crippen molar-refractivity contribution in [3.8, 4) is 0 Å². The smallest absolute Gasteiger partial charge is 0.185 e. The van der Waals surface area contributed by atoms with Crippen LogP contribution in [0.5, 0.6) is 0 Å². The van der Waals surface area contributed by atoms with Crippen LogP contribution in [0.25, 0.3) is 0 Å². The monoisotopic (exact) mass is 308 g/mol. The molecule has 5 heteroatoms. The molecule has 1 aliphatic carbocycles. The van der Waals surface area contributed by atoms with Crippen LogP contribution in [0, 0.1) is 5.92 Å². The predicted octanol–water partition coefficient (Wildman–Crippen LogP) is 2.35. The number of hydrogen-bond donors (Lipinski definition) is 1. The zero-order valence-electron chi connectivity index (χ0n) is 13.4. The van der Waals surface area contributed by atoms with E-state index >= 15 is 0 Å². The van der Waals surface area contributed by atoms with Gasteiger partial charge in [-0.1, -0.05) is 13.8 Å². The van der Waals surface area contributed by atoms with Crippen molar-refractivity contribution >= 4 is 16.5 Å². The molecule has 0 atom stereocenters. The lowest BCUT2D eigenvalue weighted by Gasteiger charge is -2.34. The van der Waals surface area contributed by atoms with Gasteiger partial charge < -0.3 is 10.2 Å². The summed E-state index contributed by atoms with van der Waals surface area (Å²) < 4.78 is 0. The first-order chi connectivity index (χ1) is 10.3. The summed E-state index contributed by atoms with van der Waals surface area (Å²) in [7, 11) is 0. The molecule has 1 saturated heterocycles. The minimum absolute atomic E-state index is 0.971. The third-order valence-corrected chi connectivity index (χ3v) is 5.65. The molecule has 1 aliphatic heterocycles. The summed E-state index contributed by atoms with van der Waals surface area (Å²) >= 11 is 1.89. The molecule has 3 rings (SSSR count). The summed E-state index contributed by atoms with van der Waals surface area (Å²) in [6.07, 6.45) is 3.96. The Hall–Kier alpha value is -0.650. The van der Waals surface area contributed by atoms with Gasteiger partial charge in [-0.05, 0) is 31.7 Å². The van der Waals surface area contributed by atoms with Crippen molar-refractivity contribution in [1.29, 1.82) is 0 Å². The van der Waals surface area contributed by atoms with Crippen molar-refractivity contribution in [1.82, 2.24) is 15.2 Å². The van der Waals surface area contributed by atoms with Gasteiger partial charge in [-0.2, -0.15) is 0 Å². The van der Waals surface area contributed by atoms with Crippen LogP contribution in [-0.4, -0.2) is 49.2 Å². The number of thiazole rings is 1. The summed E-state index contributed by atoms with van der Waals surface area (Å²) in [5.74, 6) is 1.01. The third-order valence-electron chi connectivity index (χ3n) is 4.49. The Labute approximate surface area is 132 Å². The Kier molecular flexibility index (Phi) is 5.14. The number of nitrogens with zero attached hydrogens (tertiary/aromatic N) is 3. The van der Waals surface area contributed by atoms with E-state index in [0.29, 0.717) is 0 Å². The van der Waals surface area contributed by atoms with Crippen LogP contribution < -0.4 is 10.2 Å². The molecule has 0 amide bonds. The van der Waals surface area contributed by atoms with E-state index in [0.717, 1.165) is 38.5 Å². The highest BCUT2D eigenvalue weighted by atomic mass is 32.1. The van der Waals surface area contributed by atoms with Gasteiger partial charge in [0.1, 0.15) is 0 Å². The average Bonchev–Trinajstić information content (AvgIpc) is 3.23. The Morgan fingerprint density at radius 2 is 1.95 bits per heavy atom. The standard InChI is InChI=1S/C16H28N4S/c1-3-14-15(11-17-4-2)21-16(18-14)20-9-7-19(8-10-20)12-13-5-6-13/h13,17H,3-12H2,1-2H3. The van der Waals surface area contributed by atoms with E-state index in [-0.39, 0.29) is 0 Å². The SMILES string of the molecule is CCNCc1sc(N2CCN(CC3CC3)CC2)nc1CC. The van der Waals surface area contributed by atoms with Gasteiger partial charge in [0.15, 0.2) is 5.13 Å². The van der Waals surface area contributed by atoms with Crippen LogP contribution >= 0.6 is 11.3 Å². The second kappa shape index (κ2) is 7.07. The molecular formula is C16H28N4S. The minimum atomic E-state index is 0.971. The molecule has 2 aliphatic rings. The normalized spacial score (nSPS) is 20.2. The second-order valence-corrected chi connectivity index (χ2v) is 7.29. The molecule has 1 saturated carbocycles. The highest BCUT2D eigenvalue weighted by Crippen LogP contribution is 2.31. The summed E-state index contributed by atoms with van der Waals surface area (Å²) in [6.45, 7) is 12.4. The van der Waals surface area contributed by atoms with E-state index in [4.69, 9.17) is 4.98 Å². The first kappa shape index (κ1) is 15.3. The maximum Gasteiger partial charge on any atom is 0.185 e. The fraction of sp³-hybridized carbons (Fsp3) is 0.812. The quantitative estimate of drug-likeness (QED) is 0.838.